The zero-order valence-corrected chi connectivity index (χ0v) is 20.3. The molecular formula is C23H29N3O3S2. The fourth-order valence-corrected chi connectivity index (χ4v) is 4.99. The van der Waals surface area contributed by atoms with Gasteiger partial charge in [0.05, 0.1) is 24.4 Å². The van der Waals surface area contributed by atoms with Crippen molar-refractivity contribution in [2.45, 2.75) is 18.7 Å². The number of amides is 1. The van der Waals surface area contributed by atoms with Gasteiger partial charge in [0.1, 0.15) is 11.5 Å². The number of benzene rings is 2. The van der Waals surface area contributed by atoms with Crippen LogP contribution in [-0.4, -0.2) is 62.4 Å². The second-order valence-corrected chi connectivity index (χ2v) is 8.75. The zero-order chi connectivity index (χ0) is 22.4. The molecule has 0 fully saturated rings. The summed E-state index contributed by atoms with van der Waals surface area (Å²) in [5.41, 5.74) is 1.46. The number of carbonyl (C=O) groups excluding carboxylic acids is 1. The van der Waals surface area contributed by atoms with Crippen LogP contribution in [0.25, 0.3) is 10.2 Å². The van der Waals surface area contributed by atoms with Crippen LogP contribution in [0.5, 0.6) is 11.5 Å². The Morgan fingerprint density at radius 3 is 2.32 bits per heavy atom. The van der Waals surface area contributed by atoms with Gasteiger partial charge in [0.2, 0.25) is 0 Å². The Morgan fingerprint density at radius 2 is 1.74 bits per heavy atom. The highest BCUT2D eigenvalue weighted by Gasteiger charge is 2.23. The van der Waals surface area contributed by atoms with E-state index in [0.29, 0.717) is 28.7 Å². The van der Waals surface area contributed by atoms with E-state index < -0.39 is 0 Å². The number of anilines is 1. The second-order valence-electron chi connectivity index (χ2n) is 6.89. The summed E-state index contributed by atoms with van der Waals surface area (Å²) in [6.07, 6.45) is 2.04. The third kappa shape index (κ3) is 5.31. The number of rotatable bonds is 10. The molecule has 0 aliphatic rings. The van der Waals surface area contributed by atoms with E-state index in [1.807, 2.05) is 12.3 Å². The lowest BCUT2D eigenvalue weighted by molar-refractivity contribution is 0.0983. The van der Waals surface area contributed by atoms with E-state index in [9.17, 15) is 4.79 Å². The van der Waals surface area contributed by atoms with E-state index in [4.69, 9.17) is 14.5 Å². The number of hydrogen-bond acceptors (Lipinski definition) is 7. The van der Waals surface area contributed by atoms with Crippen molar-refractivity contribution in [3.05, 3.63) is 42.0 Å². The Morgan fingerprint density at radius 1 is 1.06 bits per heavy atom. The van der Waals surface area contributed by atoms with Crippen LogP contribution >= 0.6 is 23.1 Å². The highest BCUT2D eigenvalue weighted by molar-refractivity contribution is 7.98. The average Bonchev–Trinajstić information content (AvgIpc) is 3.25. The number of hydrogen-bond donors (Lipinski definition) is 0. The molecule has 166 valence electrons. The quantitative estimate of drug-likeness (QED) is 0.397. The summed E-state index contributed by atoms with van der Waals surface area (Å²) in [5, 5.41) is 0.704. The largest absolute Gasteiger partial charge is 0.497 e. The molecule has 1 aromatic heterocycles. The molecule has 8 heteroatoms. The predicted molar refractivity (Wildman–Crippen MR) is 130 cm³/mol. The van der Waals surface area contributed by atoms with Gasteiger partial charge in [-0.25, -0.2) is 4.98 Å². The van der Waals surface area contributed by atoms with Gasteiger partial charge in [0, 0.05) is 29.6 Å². The Labute approximate surface area is 192 Å². The summed E-state index contributed by atoms with van der Waals surface area (Å²) in [6.45, 7) is 7.44. The van der Waals surface area contributed by atoms with E-state index in [0.717, 1.165) is 34.7 Å². The van der Waals surface area contributed by atoms with Crippen LogP contribution in [0.4, 0.5) is 5.13 Å². The number of carbonyl (C=O) groups is 1. The summed E-state index contributed by atoms with van der Waals surface area (Å²) in [6, 6.07) is 11.4. The number of thiazole rings is 1. The molecule has 0 bridgehead atoms. The third-order valence-electron chi connectivity index (χ3n) is 5.20. The first kappa shape index (κ1) is 23.4. The smallest absolute Gasteiger partial charge is 0.260 e. The van der Waals surface area contributed by atoms with Crippen LogP contribution in [0.2, 0.25) is 0 Å². The molecule has 1 heterocycles. The van der Waals surface area contributed by atoms with Gasteiger partial charge in [-0.3, -0.25) is 9.69 Å². The molecule has 3 rings (SSSR count). The minimum absolute atomic E-state index is 0.117. The van der Waals surface area contributed by atoms with Gasteiger partial charge < -0.3 is 14.4 Å². The number of fused-ring (bicyclic) bond motifs is 1. The Balaban J connectivity index is 2.03. The van der Waals surface area contributed by atoms with E-state index >= 15 is 0 Å². The van der Waals surface area contributed by atoms with Crippen LogP contribution in [0.3, 0.4) is 0 Å². The van der Waals surface area contributed by atoms with Crippen molar-refractivity contribution >= 4 is 44.4 Å². The molecule has 0 atom stereocenters. The number of methoxy groups -OCH3 is 2. The van der Waals surface area contributed by atoms with Crippen molar-refractivity contribution in [3.8, 4) is 11.5 Å². The summed E-state index contributed by atoms with van der Waals surface area (Å²) < 4.78 is 11.8. The Hall–Kier alpha value is -2.29. The second kappa shape index (κ2) is 10.8. The van der Waals surface area contributed by atoms with Crippen molar-refractivity contribution in [1.29, 1.82) is 0 Å². The van der Waals surface area contributed by atoms with Gasteiger partial charge in [-0.15, -0.1) is 11.8 Å². The fourth-order valence-electron chi connectivity index (χ4n) is 3.34. The monoisotopic (exact) mass is 459 g/mol. The first-order chi connectivity index (χ1) is 15.0. The highest BCUT2D eigenvalue weighted by Crippen LogP contribution is 2.35. The van der Waals surface area contributed by atoms with Gasteiger partial charge in [0.15, 0.2) is 5.13 Å². The fraction of sp³-hybridized carbons (Fsp3) is 0.391. The lowest BCUT2D eigenvalue weighted by atomic mass is 10.1. The molecule has 0 saturated heterocycles. The number of ether oxygens (including phenoxy) is 2. The normalized spacial score (nSPS) is 11.2. The number of aromatic nitrogens is 1. The summed E-state index contributed by atoms with van der Waals surface area (Å²) in [5.74, 6) is 1.05. The molecule has 0 aliphatic heterocycles. The van der Waals surface area contributed by atoms with Gasteiger partial charge in [-0.05, 0) is 43.6 Å². The SMILES string of the molecule is CCN(CC)CCN(C(=O)c1cc(OC)cc(OC)c1)c1nc2c(SC)cccc2s1. The molecular weight excluding hydrogens is 430 g/mol. The molecule has 2 aromatic carbocycles. The van der Waals surface area contributed by atoms with Gasteiger partial charge in [-0.2, -0.15) is 0 Å². The lowest BCUT2D eigenvalue weighted by Gasteiger charge is -2.25. The molecule has 0 spiro atoms. The maximum atomic E-state index is 13.7. The number of thioether (sulfide) groups is 1. The first-order valence-corrected chi connectivity index (χ1v) is 12.3. The van der Waals surface area contributed by atoms with Crippen LogP contribution in [0, 0.1) is 0 Å². The van der Waals surface area contributed by atoms with Crippen molar-refractivity contribution in [1.82, 2.24) is 9.88 Å². The molecule has 31 heavy (non-hydrogen) atoms. The molecule has 0 N–H and O–H groups in total. The minimum Gasteiger partial charge on any atom is -0.497 e. The maximum Gasteiger partial charge on any atom is 0.260 e. The van der Waals surface area contributed by atoms with E-state index in [1.54, 1.807) is 60.4 Å². The van der Waals surface area contributed by atoms with Crippen molar-refractivity contribution in [3.63, 3.8) is 0 Å². The van der Waals surface area contributed by atoms with E-state index in [-0.39, 0.29) is 5.91 Å². The standard InChI is InChI=1S/C23H29N3O3S2/c1-6-25(7-2)11-12-26(22(27)16-13-17(28-3)15-18(14-16)29-4)23-24-21-19(30-5)9-8-10-20(21)31-23/h8-10,13-15H,6-7,11-12H2,1-5H3. The lowest BCUT2D eigenvalue weighted by Crippen LogP contribution is -2.38. The van der Waals surface area contributed by atoms with Crippen LogP contribution in [0.1, 0.15) is 24.2 Å². The predicted octanol–water partition coefficient (Wildman–Crippen LogP) is 5.02. The molecule has 0 unspecified atom stereocenters. The van der Waals surface area contributed by atoms with Crippen molar-refractivity contribution < 1.29 is 14.3 Å². The van der Waals surface area contributed by atoms with Crippen molar-refractivity contribution in [2.75, 3.05) is 51.6 Å². The average molecular weight is 460 g/mol. The first-order valence-electron chi connectivity index (χ1n) is 10.2. The number of likely N-dealkylation sites (N-methyl/N-ethyl adjacent to an activating group) is 1. The van der Waals surface area contributed by atoms with Gasteiger partial charge in [0.25, 0.3) is 5.91 Å². The van der Waals surface area contributed by atoms with Crippen LogP contribution < -0.4 is 14.4 Å². The number of para-hydroxylation sites is 1. The summed E-state index contributed by atoms with van der Waals surface area (Å²) >= 11 is 3.21. The molecule has 1 amide bonds. The summed E-state index contributed by atoms with van der Waals surface area (Å²) in [4.78, 5) is 23.7. The Bertz CT molecular complexity index is 1010. The Kier molecular flexibility index (Phi) is 8.17. The topological polar surface area (TPSA) is 54.9 Å². The molecule has 0 aliphatic carbocycles. The van der Waals surface area contributed by atoms with E-state index in [1.165, 1.54) is 0 Å². The number of nitrogens with zero attached hydrogens (tertiary/aromatic N) is 3. The van der Waals surface area contributed by atoms with Crippen LogP contribution in [0.15, 0.2) is 41.3 Å². The van der Waals surface area contributed by atoms with Gasteiger partial charge >= 0.3 is 0 Å². The molecule has 3 aromatic rings. The van der Waals surface area contributed by atoms with E-state index in [2.05, 4.69) is 30.9 Å². The third-order valence-corrected chi connectivity index (χ3v) is 7.01. The van der Waals surface area contributed by atoms with Crippen LogP contribution in [-0.2, 0) is 0 Å². The maximum absolute atomic E-state index is 13.7. The molecule has 6 nitrogen and oxygen atoms in total. The minimum atomic E-state index is -0.117. The molecule has 0 radical (unpaired) electrons. The summed E-state index contributed by atoms with van der Waals surface area (Å²) in [7, 11) is 3.16. The van der Waals surface area contributed by atoms with Crippen molar-refractivity contribution in [2.24, 2.45) is 0 Å². The van der Waals surface area contributed by atoms with Gasteiger partial charge in [-0.1, -0.05) is 31.3 Å². The zero-order valence-electron chi connectivity index (χ0n) is 18.7. The highest BCUT2D eigenvalue weighted by atomic mass is 32.2. The molecule has 0 saturated carbocycles.